The quantitative estimate of drug-likeness (QED) is 0.523. The minimum Gasteiger partial charge on any atom is -0.0622 e. The van der Waals surface area contributed by atoms with Crippen molar-refractivity contribution >= 4 is 22.6 Å². The Labute approximate surface area is 127 Å². The fraction of sp³-hybridized carbons (Fsp3) is 0. The van der Waals surface area contributed by atoms with Crippen molar-refractivity contribution in [1.82, 2.24) is 0 Å². The third kappa shape index (κ3) is 2.71. The molecule has 0 nitrogen and oxygen atoms in total. The minimum atomic E-state index is 1.26. The number of halogens is 1. The molecule has 92 valence electrons. The first-order valence-electron chi connectivity index (χ1n) is 6.25. The van der Waals surface area contributed by atoms with Crippen LogP contribution in [0, 0.1) is 3.57 Å². The lowest BCUT2D eigenvalue weighted by Gasteiger charge is -2.07. The summed E-state index contributed by atoms with van der Waals surface area (Å²) in [5.74, 6) is 0. The van der Waals surface area contributed by atoms with E-state index in [1.165, 1.54) is 25.8 Å². The zero-order chi connectivity index (χ0) is 13.1. The molecule has 0 aliphatic heterocycles. The van der Waals surface area contributed by atoms with Gasteiger partial charge in [0.15, 0.2) is 0 Å². The van der Waals surface area contributed by atoms with Crippen molar-refractivity contribution in [3.05, 3.63) is 82.4 Å². The van der Waals surface area contributed by atoms with Crippen LogP contribution in [0.1, 0.15) is 0 Å². The average molecular weight is 356 g/mol. The molecule has 1 heteroatoms. The molecule has 0 unspecified atom stereocenters. The predicted octanol–water partition coefficient (Wildman–Crippen LogP) is 5.63. The van der Waals surface area contributed by atoms with Crippen LogP contribution < -0.4 is 0 Å². The van der Waals surface area contributed by atoms with E-state index in [0.29, 0.717) is 0 Å². The summed E-state index contributed by atoms with van der Waals surface area (Å²) in [6.45, 7) is 0. The molecule has 0 fully saturated rings. The van der Waals surface area contributed by atoms with E-state index < -0.39 is 0 Å². The lowest BCUT2D eigenvalue weighted by molar-refractivity contribution is 1.56. The molecule has 3 aromatic rings. The van der Waals surface area contributed by atoms with Crippen LogP contribution in [-0.2, 0) is 0 Å². The second kappa shape index (κ2) is 5.57. The molecule has 0 N–H and O–H groups in total. The Bertz CT molecular complexity index is 687. The molecule has 0 aromatic heterocycles. The summed E-state index contributed by atoms with van der Waals surface area (Å²) >= 11 is 2.39. The molecule has 0 saturated heterocycles. The Balaban J connectivity index is 2.09. The van der Waals surface area contributed by atoms with Crippen molar-refractivity contribution in [1.29, 1.82) is 0 Å². The topological polar surface area (TPSA) is 0 Å². The molecular formula is C18H13I. The van der Waals surface area contributed by atoms with Gasteiger partial charge in [-0.3, -0.25) is 0 Å². The van der Waals surface area contributed by atoms with Crippen molar-refractivity contribution in [3.8, 4) is 22.3 Å². The monoisotopic (exact) mass is 356 g/mol. The summed E-state index contributed by atoms with van der Waals surface area (Å²) < 4.78 is 1.28. The largest absolute Gasteiger partial charge is 0.0622 e. The maximum atomic E-state index is 2.39. The average Bonchev–Trinajstić information content (AvgIpc) is 2.49. The Morgan fingerprint density at radius 3 is 1.95 bits per heavy atom. The summed E-state index contributed by atoms with van der Waals surface area (Å²) in [6.07, 6.45) is 0. The molecule has 0 atom stereocenters. The predicted molar refractivity (Wildman–Crippen MR) is 90.0 cm³/mol. The van der Waals surface area contributed by atoms with Crippen LogP contribution in [0.5, 0.6) is 0 Å². The van der Waals surface area contributed by atoms with Gasteiger partial charge in [0, 0.05) is 3.57 Å². The molecule has 0 aliphatic rings. The fourth-order valence-electron chi connectivity index (χ4n) is 2.19. The van der Waals surface area contributed by atoms with Gasteiger partial charge in [-0.15, -0.1) is 0 Å². The van der Waals surface area contributed by atoms with Crippen molar-refractivity contribution in [2.45, 2.75) is 0 Å². The molecule has 0 radical (unpaired) electrons. The van der Waals surface area contributed by atoms with Crippen molar-refractivity contribution in [2.75, 3.05) is 0 Å². The Morgan fingerprint density at radius 2 is 1.16 bits per heavy atom. The van der Waals surface area contributed by atoms with Crippen LogP contribution in [0.4, 0.5) is 0 Å². The van der Waals surface area contributed by atoms with Gasteiger partial charge in [-0.2, -0.15) is 0 Å². The first kappa shape index (κ1) is 12.4. The SMILES string of the molecule is Ic1ccccc1-c1cccc(-c2ccccc2)c1. The van der Waals surface area contributed by atoms with Crippen LogP contribution in [-0.4, -0.2) is 0 Å². The third-order valence-electron chi connectivity index (χ3n) is 3.15. The van der Waals surface area contributed by atoms with E-state index in [0.717, 1.165) is 0 Å². The molecule has 0 bridgehead atoms. The van der Waals surface area contributed by atoms with Crippen molar-refractivity contribution in [3.63, 3.8) is 0 Å². The summed E-state index contributed by atoms with van der Waals surface area (Å²) in [6, 6.07) is 27.7. The van der Waals surface area contributed by atoms with Gasteiger partial charge in [-0.25, -0.2) is 0 Å². The standard InChI is InChI=1S/C18H13I/c19-18-12-5-4-11-17(18)16-10-6-9-15(13-16)14-7-2-1-3-8-14/h1-13H. The van der Waals surface area contributed by atoms with Crippen molar-refractivity contribution < 1.29 is 0 Å². The van der Waals surface area contributed by atoms with Gasteiger partial charge in [-0.05, 0) is 57.0 Å². The molecule has 0 amide bonds. The van der Waals surface area contributed by atoms with Crippen LogP contribution >= 0.6 is 22.6 Å². The van der Waals surface area contributed by atoms with Crippen molar-refractivity contribution in [2.24, 2.45) is 0 Å². The highest BCUT2D eigenvalue weighted by Gasteiger charge is 2.03. The molecule has 0 saturated carbocycles. The maximum absolute atomic E-state index is 2.39. The Kier molecular flexibility index (Phi) is 3.65. The van der Waals surface area contributed by atoms with E-state index in [1.54, 1.807) is 0 Å². The second-order valence-electron chi connectivity index (χ2n) is 4.43. The van der Waals surface area contributed by atoms with E-state index >= 15 is 0 Å². The summed E-state index contributed by atoms with van der Waals surface area (Å²) in [4.78, 5) is 0. The third-order valence-corrected chi connectivity index (χ3v) is 4.10. The van der Waals surface area contributed by atoms with Gasteiger partial charge in [0.25, 0.3) is 0 Å². The van der Waals surface area contributed by atoms with Crippen LogP contribution in [0.25, 0.3) is 22.3 Å². The van der Waals surface area contributed by atoms with Crippen LogP contribution in [0.3, 0.4) is 0 Å². The van der Waals surface area contributed by atoms with Gasteiger partial charge < -0.3 is 0 Å². The molecule has 3 rings (SSSR count). The van der Waals surface area contributed by atoms with Crippen LogP contribution in [0.15, 0.2) is 78.9 Å². The van der Waals surface area contributed by atoms with E-state index in [4.69, 9.17) is 0 Å². The van der Waals surface area contributed by atoms with E-state index in [9.17, 15) is 0 Å². The molecule has 0 heterocycles. The van der Waals surface area contributed by atoms with Crippen LogP contribution in [0.2, 0.25) is 0 Å². The highest BCUT2D eigenvalue weighted by molar-refractivity contribution is 14.1. The molecule has 0 spiro atoms. The molecule has 3 aromatic carbocycles. The minimum absolute atomic E-state index is 1.26. The van der Waals surface area contributed by atoms with E-state index in [2.05, 4.69) is 95.4 Å². The summed E-state index contributed by atoms with van der Waals surface area (Å²) in [5.41, 5.74) is 5.08. The lowest BCUT2D eigenvalue weighted by atomic mass is 9.99. The normalized spacial score (nSPS) is 10.4. The second-order valence-corrected chi connectivity index (χ2v) is 5.59. The zero-order valence-electron chi connectivity index (χ0n) is 10.4. The number of benzene rings is 3. The molecule has 0 aliphatic carbocycles. The fourth-order valence-corrected chi connectivity index (χ4v) is 2.89. The number of hydrogen-bond donors (Lipinski definition) is 0. The van der Waals surface area contributed by atoms with E-state index in [1.807, 2.05) is 6.07 Å². The van der Waals surface area contributed by atoms with Gasteiger partial charge in [-0.1, -0.05) is 66.7 Å². The van der Waals surface area contributed by atoms with Gasteiger partial charge in [0.05, 0.1) is 0 Å². The summed E-state index contributed by atoms with van der Waals surface area (Å²) in [5, 5.41) is 0. The Morgan fingerprint density at radius 1 is 0.526 bits per heavy atom. The Hall–Kier alpha value is -1.61. The maximum Gasteiger partial charge on any atom is 0.0208 e. The highest BCUT2D eigenvalue weighted by Crippen LogP contribution is 2.29. The van der Waals surface area contributed by atoms with E-state index in [-0.39, 0.29) is 0 Å². The van der Waals surface area contributed by atoms with Gasteiger partial charge in [0.1, 0.15) is 0 Å². The smallest absolute Gasteiger partial charge is 0.0208 e. The first-order valence-corrected chi connectivity index (χ1v) is 7.33. The first-order chi connectivity index (χ1) is 9.34. The zero-order valence-corrected chi connectivity index (χ0v) is 12.5. The molecular weight excluding hydrogens is 343 g/mol. The van der Waals surface area contributed by atoms with Gasteiger partial charge in [0.2, 0.25) is 0 Å². The number of rotatable bonds is 2. The molecule has 19 heavy (non-hydrogen) atoms. The van der Waals surface area contributed by atoms with Gasteiger partial charge >= 0.3 is 0 Å². The number of hydrogen-bond acceptors (Lipinski definition) is 0. The highest BCUT2D eigenvalue weighted by atomic mass is 127. The summed E-state index contributed by atoms with van der Waals surface area (Å²) in [7, 11) is 0. The lowest BCUT2D eigenvalue weighted by Crippen LogP contribution is -1.83.